The van der Waals surface area contributed by atoms with Crippen molar-refractivity contribution >= 4 is 0 Å². The van der Waals surface area contributed by atoms with Crippen LogP contribution in [0.2, 0.25) is 0 Å². The van der Waals surface area contributed by atoms with Gasteiger partial charge in [0.15, 0.2) is 0 Å². The van der Waals surface area contributed by atoms with Crippen molar-refractivity contribution < 1.29 is 4.39 Å². The third-order valence-corrected chi connectivity index (χ3v) is 3.11. The molecule has 4 heteroatoms. The van der Waals surface area contributed by atoms with Crippen LogP contribution in [-0.2, 0) is 7.05 Å². The molecule has 0 fully saturated rings. The number of rotatable bonds is 2. The van der Waals surface area contributed by atoms with E-state index in [1.165, 1.54) is 16.7 Å². The summed E-state index contributed by atoms with van der Waals surface area (Å²) in [5, 5.41) is 0. The van der Waals surface area contributed by atoms with Gasteiger partial charge in [-0.25, -0.2) is 9.18 Å². The summed E-state index contributed by atoms with van der Waals surface area (Å²) in [7, 11) is 1.65. The Kier molecular flexibility index (Phi) is 2.99. The Balaban J connectivity index is 2.25. The molecule has 0 bridgehead atoms. The van der Waals surface area contributed by atoms with Gasteiger partial charge in [-0.2, -0.15) is 0 Å². The number of para-hydroxylation sites is 1. The van der Waals surface area contributed by atoms with Crippen LogP contribution in [-0.4, -0.2) is 9.13 Å². The summed E-state index contributed by atoms with van der Waals surface area (Å²) in [4.78, 5) is 12.3. The quantitative estimate of drug-likeness (QED) is 0.701. The minimum absolute atomic E-state index is 0.185. The van der Waals surface area contributed by atoms with Crippen molar-refractivity contribution in [3.63, 3.8) is 0 Å². The van der Waals surface area contributed by atoms with Crippen molar-refractivity contribution in [2.45, 2.75) is 0 Å². The van der Waals surface area contributed by atoms with Crippen molar-refractivity contribution in [1.82, 2.24) is 9.13 Å². The molecule has 0 saturated carbocycles. The van der Waals surface area contributed by atoms with E-state index in [9.17, 15) is 9.18 Å². The van der Waals surface area contributed by atoms with Crippen LogP contribution >= 0.6 is 0 Å². The van der Waals surface area contributed by atoms with Crippen LogP contribution in [0, 0.1) is 12.0 Å². The normalized spacial score (nSPS) is 10.7. The number of aryl methyl sites for hydroxylation is 1. The molecule has 0 amide bonds. The van der Waals surface area contributed by atoms with Gasteiger partial charge in [-0.05, 0) is 36.4 Å². The molecule has 0 unspecified atom stereocenters. The summed E-state index contributed by atoms with van der Waals surface area (Å²) in [5.74, 6) is -0.307. The zero-order valence-corrected chi connectivity index (χ0v) is 10.9. The predicted octanol–water partition coefficient (Wildman–Crippen LogP) is 2.78. The Morgan fingerprint density at radius 3 is 2.30 bits per heavy atom. The van der Waals surface area contributed by atoms with Gasteiger partial charge in [0.25, 0.3) is 0 Å². The Labute approximate surface area is 115 Å². The molecule has 3 nitrogen and oxygen atoms in total. The lowest BCUT2D eigenvalue weighted by atomic mass is 10.1. The summed E-state index contributed by atoms with van der Waals surface area (Å²) in [6, 6.07) is 15.3. The predicted molar refractivity (Wildman–Crippen MR) is 75.2 cm³/mol. The molecule has 1 heterocycles. The molecule has 0 aliphatic carbocycles. The van der Waals surface area contributed by atoms with E-state index in [-0.39, 0.29) is 11.5 Å². The number of aromatic nitrogens is 2. The average Bonchev–Trinajstić information content (AvgIpc) is 2.77. The van der Waals surface area contributed by atoms with Crippen molar-refractivity contribution in [2.75, 3.05) is 0 Å². The van der Waals surface area contributed by atoms with Gasteiger partial charge in [0.2, 0.25) is 0 Å². The van der Waals surface area contributed by atoms with Crippen LogP contribution in [0.3, 0.4) is 0 Å². The Hall–Kier alpha value is -2.62. The Morgan fingerprint density at radius 1 is 1.00 bits per heavy atom. The summed E-state index contributed by atoms with van der Waals surface area (Å²) < 4.78 is 16.0. The van der Waals surface area contributed by atoms with Gasteiger partial charge in [-0.15, -0.1) is 0 Å². The zero-order chi connectivity index (χ0) is 14.1. The van der Waals surface area contributed by atoms with E-state index in [0.29, 0.717) is 5.69 Å². The van der Waals surface area contributed by atoms with Crippen molar-refractivity contribution in [3.05, 3.63) is 77.1 Å². The second-order valence-corrected chi connectivity index (χ2v) is 4.48. The van der Waals surface area contributed by atoms with Gasteiger partial charge >= 0.3 is 5.69 Å². The highest BCUT2D eigenvalue weighted by Gasteiger charge is 2.13. The van der Waals surface area contributed by atoms with Gasteiger partial charge in [-0.3, -0.25) is 9.13 Å². The first kappa shape index (κ1) is 12.4. The molecule has 1 aromatic heterocycles. The Morgan fingerprint density at radius 2 is 1.65 bits per heavy atom. The lowest BCUT2D eigenvalue weighted by molar-refractivity contribution is 0.628. The molecular weight excluding hydrogens is 255 g/mol. The molecule has 3 aromatic rings. The fraction of sp³-hybridized carbons (Fsp3) is 0.0625. The number of hydrogen-bond acceptors (Lipinski definition) is 1. The fourth-order valence-corrected chi connectivity index (χ4v) is 2.12. The average molecular weight is 267 g/mol. The van der Waals surface area contributed by atoms with Gasteiger partial charge in [0, 0.05) is 12.6 Å². The maximum absolute atomic E-state index is 13.0. The summed E-state index contributed by atoms with van der Waals surface area (Å²) in [5.41, 5.74) is 1.93. The van der Waals surface area contributed by atoms with Gasteiger partial charge in [0.1, 0.15) is 5.82 Å². The molecule has 20 heavy (non-hydrogen) atoms. The monoisotopic (exact) mass is 267 g/mol. The molecule has 99 valence electrons. The summed E-state index contributed by atoms with van der Waals surface area (Å²) in [6.45, 7) is 0. The highest BCUT2D eigenvalue weighted by atomic mass is 19.1. The van der Waals surface area contributed by atoms with Gasteiger partial charge < -0.3 is 0 Å². The van der Waals surface area contributed by atoms with E-state index < -0.39 is 0 Å². The van der Waals surface area contributed by atoms with E-state index in [1.807, 2.05) is 30.3 Å². The van der Waals surface area contributed by atoms with E-state index in [0.717, 1.165) is 11.3 Å². The lowest BCUT2D eigenvalue weighted by Gasteiger charge is -2.06. The highest BCUT2D eigenvalue weighted by molar-refractivity contribution is 5.61. The highest BCUT2D eigenvalue weighted by Crippen LogP contribution is 2.21. The fourth-order valence-electron chi connectivity index (χ4n) is 2.12. The van der Waals surface area contributed by atoms with Gasteiger partial charge in [0.05, 0.1) is 17.6 Å². The van der Waals surface area contributed by atoms with Crippen LogP contribution in [0.1, 0.15) is 0 Å². The summed E-state index contributed by atoms with van der Waals surface area (Å²) in [6.07, 6.45) is 2.99. The topological polar surface area (TPSA) is 26.9 Å². The van der Waals surface area contributed by atoms with Gasteiger partial charge in [-0.1, -0.05) is 18.2 Å². The maximum Gasteiger partial charge on any atom is 0.333 e. The van der Waals surface area contributed by atoms with E-state index in [2.05, 4.69) is 6.20 Å². The second kappa shape index (κ2) is 4.81. The standard InChI is InChI=1S/C16H12FN2O/c1-18-11-15(12-7-9-13(17)10-8-12)19(16(18)20)14-5-3-2-4-6-14/h2-10H,1H3. The molecule has 0 N–H and O–H groups in total. The molecule has 0 aliphatic rings. The third kappa shape index (κ3) is 2.05. The number of hydrogen-bond donors (Lipinski definition) is 0. The smallest absolute Gasteiger partial charge is 0.293 e. The largest absolute Gasteiger partial charge is 0.333 e. The van der Waals surface area contributed by atoms with Crippen molar-refractivity contribution in [1.29, 1.82) is 0 Å². The number of nitrogens with zero attached hydrogens (tertiary/aromatic N) is 2. The van der Waals surface area contributed by atoms with Crippen LogP contribution < -0.4 is 5.69 Å². The molecule has 0 saturated heterocycles. The minimum Gasteiger partial charge on any atom is -0.293 e. The van der Waals surface area contributed by atoms with Crippen molar-refractivity contribution in [3.8, 4) is 16.9 Å². The first-order valence-corrected chi connectivity index (χ1v) is 6.19. The van der Waals surface area contributed by atoms with E-state index >= 15 is 0 Å². The molecule has 0 spiro atoms. The van der Waals surface area contributed by atoms with Crippen molar-refractivity contribution in [2.24, 2.45) is 7.05 Å². The molecule has 0 atom stereocenters. The summed E-state index contributed by atoms with van der Waals surface area (Å²) >= 11 is 0. The van der Waals surface area contributed by atoms with Crippen LogP contribution in [0.4, 0.5) is 4.39 Å². The zero-order valence-electron chi connectivity index (χ0n) is 10.9. The molecule has 2 aromatic carbocycles. The third-order valence-electron chi connectivity index (χ3n) is 3.11. The van der Waals surface area contributed by atoms with Crippen LogP contribution in [0.25, 0.3) is 16.9 Å². The lowest BCUT2D eigenvalue weighted by Crippen LogP contribution is -2.21. The molecule has 3 rings (SSSR count). The Bertz CT molecular complexity index is 786. The number of imidazole rings is 1. The number of benzene rings is 2. The van der Waals surface area contributed by atoms with E-state index in [1.54, 1.807) is 23.7 Å². The maximum atomic E-state index is 13.0. The first-order valence-electron chi connectivity index (χ1n) is 6.19. The number of halogens is 1. The minimum atomic E-state index is -0.307. The second-order valence-electron chi connectivity index (χ2n) is 4.48. The van der Waals surface area contributed by atoms with Crippen LogP contribution in [0.15, 0.2) is 59.4 Å². The molecule has 0 aliphatic heterocycles. The van der Waals surface area contributed by atoms with E-state index in [4.69, 9.17) is 0 Å². The molecular formula is C16H12FN2O. The molecule has 1 radical (unpaired) electrons. The first-order chi connectivity index (χ1) is 9.66. The van der Waals surface area contributed by atoms with Crippen LogP contribution in [0.5, 0.6) is 0 Å². The SMILES string of the molecule is Cn1[c]c(-c2ccc(F)cc2)n(-c2ccccc2)c1=O.